The largest absolute Gasteiger partial charge is 0.364 e. The van der Waals surface area contributed by atoms with Gasteiger partial charge in [-0.2, -0.15) is 13.9 Å². The lowest BCUT2D eigenvalue weighted by Crippen LogP contribution is -2.32. The number of nitrogens with one attached hydrogen (secondary N) is 1. The van der Waals surface area contributed by atoms with Crippen LogP contribution in [0.2, 0.25) is 0 Å². The second-order valence-corrected chi connectivity index (χ2v) is 6.68. The van der Waals surface area contributed by atoms with Crippen LogP contribution in [0.1, 0.15) is 10.5 Å². The molecule has 3 rings (SSSR count). The van der Waals surface area contributed by atoms with Gasteiger partial charge in [-0.15, -0.1) is 0 Å². The van der Waals surface area contributed by atoms with Gasteiger partial charge in [0.25, 0.3) is 17.2 Å². The Morgan fingerprint density at radius 3 is 2.43 bits per heavy atom. The Balaban J connectivity index is 1.91. The van der Waals surface area contributed by atoms with Crippen LogP contribution < -0.4 is 16.6 Å². The highest BCUT2D eigenvalue weighted by Crippen LogP contribution is 2.31. The zero-order chi connectivity index (χ0) is 20.3. The van der Waals surface area contributed by atoms with Crippen molar-refractivity contribution in [2.24, 2.45) is 5.73 Å². The molecule has 2 aromatic carbocycles. The van der Waals surface area contributed by atoms with E-state index in [1.54, 1.807) is 24.3 Å². The van der Waals surface area contributed by atoms with Gasteiger partial charge in [0.15, 0.2) is 5.69 Å². The average Bonchev–Trinajstić information content (AvgIpc) is 2.65. The van der Waals surface area contributed by atoms with Crippen LogP contribution in [-0.2, 0) is 11.3 Å². The molecule has 0 saturated carbocycles. The molecule has 0 atom stereocenters. The summed E-state index contributed by atoms with van der Waals surface area (Å²) in [7, 11) is 0. The number of thioether (sulfide) groups is 1. The molecule has 1 aromatic heterocycles. The van der Waals surface area contributed by atoms with Crippen LogP contribution in [0.3, 0.4) is 0 Å². The zero-order valence-corrected chi connectivity index (χ0v) is 15.1. The Bertz CT molecular complexity index is 1120. The molecule has 0 fully saturated rings. The summed E-state index contributed by atoms with van der Waals surface area (Å²) in [6, 6.07) is 12.3. The summed E-state index contributed by atoms with van der Waals surface area (Å²) < 4.78 is 26.1. The van der Waals surface area contributed by atoms with Crippen molar-refractivity contribution in [2.45, 2.75) is 17.2 Å². The molecule has 0 spiro atoms. The van der Waals surface area contributed by atoms with Crippen LogP contribution in [0.25, 0.3) is 10.8 Å². The molecule has 1 heterocycles. The Hall–Kier alpha value is -3.27. The number of halogens is 2. The number of primary amides is 1. The summed E-state index contributed by atoms with van der Waals surface area (Å²) >= 11 is 0.291. The molecule has 0 radical (unpaired) electrons. The first-order valence-corrected chi connectivity index (χ1v) is 8.88. The number of amides is 2. The highest BCUT2D eigenvalue weighted by molar-refractivity contribution is 7.99. The molecule has 0 bridgehead atoms. The average molecular weight is 404 g/mol. The number of rotatable bonds is 6. The predicted octanol–water partition coefficient (Wildman–Crippen LogP) is 2.45. The van der Waals surface area contributed by atoms with Gasteiger partial charge in [-0.3, -0.25) is 14.4 Å². The summed E-state index contributed by atoms with van der Waals surface area (Å²) in [5, 5.41) is 6.85. The molecule has 7 nitrogen and oxygen atoms in total. The van der Waals surface area contributed by atoms with Crippen molar-refractivity contribution in [3.63, 3.8) is 0 Å². The van der Waals surface area contributed by atoms with Crippen molar-refractivity contribution in [3.05, 3.63) is 64.6 Å². The fourth-order valence-electron chi connectivity index (χ4n) is 2.62. The topological polar surface area (TPSA) is 107 Å². The summed E-state index contributed by atoms with van der Waals surface area (Å²) in [6.45, 7) is -0.516. The molecule has 0 saturated heterocycles. The summed E-state index contributed by atoms with van der Waals surface area (Å²) in [6.07, 6.45) is 0. The lowest BCUT2D eigenvalue weighted by Gasteiger charge is -2.12. The van der Waals surface area contributed by atoms with Gasteiger partial charge in [-0.25, -0.2) is 4.68 Å². The number of anilines is 1. The van der Waals surface area contributed by atoms with Crippen molar-refractivity contribution < 1.29 is 18.4 Å². The molecule has 3 aromatic rings. The lowest BCUT2D eigenvalue weighted by molar-refractivity contribution is -0.117. The fraction of sp³-hybridized carbons (Fsp3) is 0.111. The molecule has 28 heavy (non-hydrogen) atoms. The monoisotopic (exact) mass is 404 g/mol. The van der Waals surface area contributed by atoms with Crippen molar-refractivity contribution in [1.29, 1.82) is 0 Å². The first-order valence-electron chi connectivity index (χ1n) is 8.00. The van der Waals surface area contributed by atoms with Gasteiger partial charge in [0.1, 0.15) is 6.54 Å². The molecule has 0 aliphatic heterocycles. The minimum absolute atomic E-state index is 0.142. The molecule has 0 unspecified atom stereocenters. The summed E-state index contributed by atoms with van der Waals surface area (Å²) in [5.41, 5.74) is 4.79. The number of benzene rings is 2. The maximum absolute atomic E-state index is 12.7. The van der Waals surface area contributed by atoms with E-state index >= 15 is 0 Å². The van der Waals surface area contributed by atoms with Gasteiger partial charge in [-0.05, 0) is 18.2 Å². The van der Waals surface area contributed by atoms with E-state index in [9.17, 15) is 23.2 Å². The van der Waals surface area contributed by atoms with E-state index in [-0.39, 0.29) is 27.0 Å². The van der Waals surface area contributed by atoms with E-state index in [4.69, 9.17) is 5.73 Å². The Kier molecular flexibility index (Phi) is 5.69. The molecule has 3 N–H and O–H groups in total. The standard InChI is InChI=1S/C18H14F2N4O3S/c19-18(20)28-13-8-4-3-7-12(13)22-14(25)9-24-17(27)11-6-2-1-5-10(11)15(23-24)16(21)26/h1-8,18H,9H2,(H2,21,26)(H,22,25). The number of para-hydroxylation sites is 1. The highest BCUT2D eigenvalue weighted by atomic mass is 32.2. The second-order valence-electron chi connectivity index (χ2n) is 5.64. The number of hydrogen-bond acceptors (Lipinski definition) is 5. The first-order chi connectivity index (χ1) is 13.4. The molecular weight excluding hydrogens is 390 g/mol. The number of nitrogens with two attached hydrogens (primary N) is 1. The van der Waals surface area contributed by atoms with Crippen LogP contribution in [0.5, 0.6) is 0 Å². The quantitative estimate of drug-likeness (QED) is 0.614. The van der Waals surface area contributed by atoms with E-state index in [0.717, 1.165) is 4.68 Å². The van der Waals surface area contributed by atoms with Crippen molar-refractivity contribution in [3.8, 4) is 0 Å². The van der Waals surface area contributed by atoms with Gasteiger partial charge in [-0.1, -0.05) is 42.1 Å². The van der Waals surface area contributed by atoms with Crippen molar-refractivity contribution in [2.75, 3.05) is 5.32 Å². The van der Waals surface area contributed by atoms with Gasteiger partial charge in [0.05, 0.1) is 11.1 Å². The zero-order valence-electron chi connectivity index (χ0n) is 14.3. The van der Waals surface area contributed by atoms with Gasteiger partial charge in [0, 0.05) is 10.3 Å². The normalized spacial score (nSPS) is 11.0. The van der Waals surface area contributed by atoms with Crippen molar-refractivity contribution >= 4 is 40.0 Å². The van der Waals surface area contributed by atoms with Gasteiger partial charge in [0.2, 0.25) is 5.91 Å². The van der Waals surface area contributed by atoms with E-state index in [2.05, 4.69) is 10.4 Å². The number of aromatic nitrogens is 2. The van der Waals surface area contributed by atoms with E-state index < -0.39 is 29.7 Å². The maximum Gasteiger partial charge on any atom is 0.288 e. The lowest BCUT2D eigenvalue weighted by atomic mass is 10.1. The molecule has 0 aliphatic rings. The Morgan fingerprint density at radius 1 is 1.11 bits per heavy atom. The highest BCUT2D eigenvalue weighted by Gasteiger charge is 2.17. The SMILES string of the molecule is NC(=O)c1nn(CC(=O)Nc2ccccc2SC(F)F)c(=O)c2ccccc12. The number of alkyl halides is 2. The van der Waals surface area contributed by atoms with Crippen LogP contribution in [-0.4, -0.2) is 27.4 Å². The number of nitrogens with zero attached hydrogens (tertiary/aromatic N) is 2. The van der Waals surface area contributed by atoms with Gasteiger partial charge < -0.3 is 11.1 Å². The van der Waals surface area contributed by atoms with Crippen LogP contribution in [0.4, 0.5) is 14.5 Å². The Morgan fingerprint density at radius 2 is 1.75 bits per heavy atom. The van der Waals surface area contributed by atoms with Crippen LogP contribution >= 0.6 is 11.8 Å². The summed E-state index contributed by atoms with van der Waals surface area (Å²) in [5.74, 6) is -4.16. The molecule has 144 valence electrons. The van der Waals surface area contributed by atoms with Gasteiger partial charge >= 0.3 is 0 Å². The van der Waals surface area contributed by atoms with E-state index in [0.29, 0.717) is 11.8 Å². The maximum atomic E-state index is 12.7. The number of carbonyl (C=O) groups excluding carboxylic acids is 2. The third kappa shape index (κ3) is 4.17. The molecule has 0 aliphatic carbocycles. The van der Waals surface area contributed by atoms with E-state index in [1.165, 1.54) is 24.3 Å². The number of carbonyl (C=O) groups is 2. The number of hydrogen-bond donors (Lipinski definition) is 2. The second kappa shape index (κ2) is 8.17. The minimum Gasteiger partial charge on any atom is -0.364 e. The third-order valence-corrected chi connectivity index (χ3v) is 4.56. The minimum atomic E-state index is -2.65. The van der Waals surface area contributed by atoms with Crippen molar-refractivity contribution in [1.82, 2.24) is 9.78 Å². The van der Waals surface area contributed by atoms with Crippen LogP contribution in [0.15, 0.2) is 58.2 Å². The third-order valence-electron chi connectivity index (χ3n) is 3.77. The number of fused-ring (bicyclic) bond motifs is 1. The smallest absolute Gasteiger partial charge is 0.288 e. The fourth-order valence-corrected chi connectivity index (χ4v) is 3.21. The molecular formula is C18H14F2N4O3S. The van der Waals surface area contributed by atoms with Crippen LogP contribution in [0, 0.1) is 0 Å². The first kappa shape index (κ1) is 19.5. The Labute approximate surface area is 161 Å². The summed E-state index contributed by atoms with van der Waals surface area (Å²) in [4.78, 5) is 36.8. The van der Waals surface area contributed by atoms with E-state index in [1.807, 2.05) is 0 Å². The molecule has 10 heteroatoms. The predicted molar refractivity (Wildman–Crippen MR) is 101 cm³/mol. The molecule has 2 amide bonds.